The summed E-state index contributed by atoms with van der Waals surface area (Å²) in [7, 11) is -3.55. The molecule has 0 unspecified atom stereocenters. The third-order valence-corrected chi connectivity index (χ3v) is 3.53. The lowest BCUT2D eigenvalue weighted by Gasteiger charge is -2.09. The zero-order valence-electron chi connectivity index (χ0n) is 10.8. The van der Waals surface area contributed by atoms with Crippen LogP contribution in [0.3, 0.4) is 0 Å². The standard InChI is InChI=1S/C11H14ClN3O5S/c12-8-6-7(10(16)17)2-3-9(8)15-11(18)14-4-1-5-21(13,19)20/h2-3,6H,1,4-5H2,(H,16,17)(H2,13,19,20)(H2,14,15,18). The lowest BCUT2D eigenvalue weighted by molar-refractivity contribution is 0.0697. The number of hydrogen-bond donors (Lipinski definition) is 4. The van der Waals surface area contributed by atoms with Crippen LogP contribution in [-0.2, 0) is 10.0 Å². The highest BCUT2D eigenvalue weighted by atomic mass is 35.5. The summed E-state index contributed by atoms with van der Waals surface area (Å²) in [5.74, 6) is -1.36. The molecule has 10 heteroatoms. The molecule has 0 aromatic heterocycles. The summed E-state index contributed by atoms with van der Waals surface area (Å²) in [6.45, 7) is 0.118. The Kier molecular flexibility index (Phi) is 5.94. The van der Waals surface area contributed by atoms with Crippen molar-refractivity contribution in [3.63, 3.8) is 0 Å². The highest BCUT2D eigenvalue weighted by molar-refractivity contribution is 7.89. The molecule has 8 nitrogen and oxygen atoms in total. The summed E-state index contributed by atoms with van der Waals surface area (Å²) < 4.78 is 21.4. The van der Waals surface area contributed by atoms with Gasteiger partial charge in [0.1, 0.15) is 0 Å². The smallest absolute Gasteiger partial charge is 0.335 e. The molecule has 0 saturated heterocycles. The second kappa shape index (κ2) is 7.25. The number of benzene rings is 1. The molecular weight excluding hydrogens is 322 g/mol. The van der Waals surface area contributed by atoms with Gasteiger partial charge in [-0.3, -0.25) is 0 Å². The molecule has 0 atom stereocenters. The van der Waals surface area contributed by atoms with E-state index in [-0.39, 0.29) is 35.0 Å². The van der Waals surface area contributed by atoms with Crippen LogP contribution in [-0.4, -0.2) is 37.8 Å². The molecule has 0 bridgehead atoms. The van der Waals surface area contributed by atoms with Crippen molar-refractivity contribution < 1.29 is 23.1 Å². The molecule has 5 N–H and O–H groups in total. The van der Waals surface area contributed by atoms with E-state index in [2.05, 4.69) is 10.6 Å². The summed E-state index contributed by atoms with van der Waals surface area (Å²) in [5, 5.41) is 18.5. The first-order chi connectivity index (χ1) is 9.69. The number of sulfonamides is 1. The fraction of sp³-hybridized carbons (Fsp3) is 0.273. The molecule has 0 aliphatic rings. The molecule has 1 rings (SSSR count). The highest BCUT2D eigenvalue weighted by Crippen LogP contribution is 2.22. The van der Waals surface area contributed by atoms with Crippen LogP contribution >= 0.6 is 11.6 Å². The summed E-state index contributed by atoms with van der Waals surface area (Å²) >= 11 is 5.84. The van der Waals surface area contributed by atoms with E-state index in [4.69, 9.17) is 21.8 Å². The van der Waals surface area contributed by atoms with Crippen molar-refractivity contribution in [2.45, 2.75) is 6.42 Å². The number of nitrogens with one attached hydrogen (secondary N) is 2. The minimum absolute atomic E-state index is 0.000824. The number of carbonyl (C=O) groups excluding carboxylic acids is 1. The number of hydrogen-bond acceptors (Lipinski definition) is 4. The van der Waals surface area contributed by atoms with E-state index in [1.807, 2.05) is 0 Å². The van der Waals surface area contributed by atoms with E-state index >= 15 is 0 Å². The Morgan fingerprint density at radius 2 is 2.00 bits per heavy atom. The second-order valence-electron chi connectivity index (χ2n) is 4.10. The number of rotatable bonds is 6. The molecule has 116 valence electrons. The van der Waals surface area contributed by atoms with Gasteiger partial charge in [-0.25, -0.2) is 23.1 Å². The number of urea groups is 1. The van der Waals surface area contributed by atoms with Gasteiger partial charge in [-0.15, -0.1) is 0 Å². The van der Waals surface area contributed by atoms with Crippen molar-refractivity contribution >= 4 is 39.3 Å². The lowest BCUT2D eigenvalue weighted by atomic mass is 10.2. The van der Waals surface area contributed by atoms with Crippen molar-refractivity contribution in [3.05, 3.63) is 28.8 Å². The molecule has 0 spiro atoms. The monoisotopic (exact) mass is 335 g/mol. The maximum Gasteiger partial charge on any atom is 0.335 e. The Labute approximate surface area is 126 Å². The van der Waals surface area contributed by atoms with Gasteiger partial charge in [0, 0.05) is 6.54 Å². The van der Waals surface area contributed by atoms with E-state index in [1.165, 1.54) is 18.2 Å². The maximum absolute atomic E-state index is 11.5. The molecule has 0 aliphatic carbocycles. The summed E-state index contributed by atoms with van der Waals surface area (Å²) in [5.41, 5.74) is 0.240. The number of aromatic carboxylic acids is 1. The molecule has 0 heterocycles. The Bertz CT molecular complexity index is 647. The first kappa shape index (κ1) is 17.2. The molecule has 21 heavy (non-hydrogen) atoms. The molecule has 1 aromatic carbocycles. The molecule has 1 aromatic rings. The largest absolute Gasteiger partial charge is 0.478 e. The number of nitrogens with two attached hydrogens (primary N) is 1. The van der Waals surface area contributed by atoms with Crippen LogP contribution < -0.4 is 15.8 Å². The predicted octanol–water partition coefficient (Wildman–Crippen LogP) is 0.838. The van der Waals surface area contributed by atoms with E-state index in [1.54, 1.807) is 0 Å². The Hall–Kier alpha value is -1.84. The van der Waals surface area contributed by atoms with Gasteiger partial charge in [-0.05, 0) is 24.6 Å². The van der Waals surface area contributed by atoms with Crippen LogP contribution in [0.25, 0.3) is 0 Å². The number of amides is 2. The van der Waals surface area contributed by atoms with Crippen LogP contribution in [0.4, 0.5) is 10.5 Å². The van der Waals surface area contributed by atoms with E-state index in [0.29, 0.717) is 0 Å². The topological polar surface area (TPSA) is 139 Å². The zero-order valence-corrected chi connectivity index (χ0v) is 12.4. The van der Waals surface area contributed by atoms with Gasteiger partial charge in [0.05, 0.1) is 22.0 Å². The molecule has 2 amide bonds. The van der Waals surface area contributed by atoms with Gasteiger partial charge in [0.25, 0.3) is 0 Å². The Morgan fingerprint density at radius 1 is 1.33 bits per heavy atom. The number of halogens is 1. The summed E-state index contributed by atoms with van der Waals surface area (Å²) in [6, 6.07) is 3.27. The van der Waals surface area contributed by atoms with Gasteiger partial charge in [-0.2, -0.15) is 0 Å². The molecular formula is C11H14ClN3O5S. The zero-order chi connectivity index (χ0) is 16.0. The van der Waals surface area contributed by atoms with Gasteiger partial charge in [0.15, 0.2) is 0 Å². The summed E-state index contributed by atoms with van der Waals surface area (Å²) in [4.78, 5) is 22.3. The number of primary sulfonamides is 1. The average molecular weight is 336 g/mol. The van der Waals surface area contributed by atoms with Crippen LogP contribution in [0.2, 0.25) is 5.02 Å². The van der Waals surface area contributed by atoms with Crippen LogP contribution in [0, 0.1) is 0 Å². The molecule has 0 saturated carbocycles. The van der Waals surface area contributed by atoms with Crippen molar-refractivity contribution in [2.24, 2.45) is 5.14 Å². The number of carbonyl (C=O) groups is 2. The fourth-order valence-corrected chi connectivity index (χ4v) is 2.17. The van der Waals surface area contributed by atoms with Crippen molar-refractivity contribution in [3.8, 4) is 0 Å². The van der Waals surface area contributed by atoms with Crippen molar-refractivity contribution in [2.75, 3.05) is 17.6 Å². The maximum atomic E-state index is 11.5. The van der Waals surface area contributed by atoms with E-state index in [0.717, 1.165) is 0 Å². The Balaban J connectivity index is 2.50. The quantitative estimate of drug-likeness (QED) is 0.570. The van der Waals surface area contributed by atoms with Crippen LogP contribution in [0.1, 0.15) is 16.8 Å². The van der Waals surface area contributed by atoms with Crippen LogP contribution in [0.5, 0.6) is 0 Å². The minimum atomic E-state index is -3.55. The third-order valence-electron chi connectivity index (χ3n) is 2.36. The third kappa shape index (κ3) is 6.43. The molecule has 0 radical (unpaired) electrons. The van der Waals surface area contributed by atoms with Gasteiger partial charge >= 0.3 is 12.0 Å². The lowest BCUT2D eigenvalue weighted by Crippen LogP contribution is -2.31. The number of anilines is 1. The normalized spacial score (nSPS) is 11.0. The number of carboxylic acids is 1. The van der Waals surface area contributed by atoms with Crippen molar-refractivity contribution in [1.82, 2.24) is 5.32 Å². The fourth-order valence-electron chi connectivity index (χ4n) is 1.39. The molecule has 0 aliphatic heterocycles. The van der Waals surface area contributed by atoms with Crippen molar-refractivity contribution in [1.29, 1.82) is 0 Å². The van der Waals surface area contributed by atoms with Crippen LogP contribution in [0.15, 0.2) is 18.2 Å². The first-order valence-corrected chi connectivity index (χ1v) is 7.86. The average Bonchev–Trinajstić information content (AvgIpc) is 2.36. The minimum Gasteiger partial charge on any atom is -0.478 e. The predicted molar refractivity (Wildman–Crippen MR) is 78.0 cm³/mol. The van der Waals surface area contributed by atoms with Gasteiger partial charge in [-0.1, -0.05) is 11.6 Å². The first-order valence-electron chi connectivity index (χ1n) is 5.77. The van der Waals surface area contributed by atoms with E-state index in [9.17, 15) is 18.0 Å². The number of carboxylic acid groups (broad SMARTS) is 1. The van der Waals surface area contributed by atoms with E-state index < -0.39 is 22.0 Å². The molecule has 0 fully saturated rings. The Morgan fingerprint density at radius 3 is 2.52 bits per heavy atom. The van der Waals surface area contributed by atoms with Gasteiger partial charge in [0.2, 0.25) is 10.0 Å². The SMILES string of the molecule is NS(=O)(=O)CCCNC(=O)Nc1ccc(C(=O)O)cc1Cl. The highest BCUT2D eigenvalue weighted by Gasteiger charge is 2.09. The van der Waals surface area contributed by atoms with Gasteiger partial charge < -0.3 is 15.7 Å². The summed E-state index contributed by atoms with van der Waals surface area (Å²) in [6.07, 6.45) is 0.179. The second-order valence-corrected chi connectivity index (χ2v) is 6.24.